The summed E-state index contributed by atoms with van der Waals surface area (Å²) in [5, 5.41) is 2.73. The van der Waals surface area contributed by atoms with Crippen LogP contribution in [0.25, 0.3) is 0 Å². The van der Waals surface area contributed by atoms with Gasteiger partial charge in [0.25, 0.3) is 15.9 Å². The van der Waals surface area contributed by atoms with Crippen molar-refractivity contribution in [1.29, 1.82) is 0 Å². The van der Waals surface area contributed by atoms with Crippen molar-refractivity contribution in [3.63, 3.8) is 0 Å². The largest absolute Gasteiger partial charge is 0.494 e. The molecule has 0 aliphatic rings. The summed E-state index contributed by atoms with van der Waals surface area (Å²) in [6, 6.07) is 17.4. The van der Waals surface area contributed by atoms with E-state index < -0.39 is 15.9 Å². The number of rotatable bonds is 9. The van der Waals surface area contributed by atoms with Crippen LogP contribution in [0.3, 0.4) is 0 Å². The summed E-state index contributed by atoms with van der Waals surface area (Å²) in [7, 11) is -0.859. The number of para-hydroxylation sites is 1. The summed E-state index contributed by atoms with van der Waals surface area (Å²) < 4.78 is 43.7. The number of carbonyl (C=O) groups excluding carboxylic acids is 1. The minimum atomic E-state index is -3.80. The van der Waals surface area contributed by atoms with E-state index in [0.29, 0.717) is 40.8 Å². The van der Waals surface area contributed by atoms with Gasteiger partial charge in [-0.05, 0) is 67.6 Å². The molecule has 0 saturated heterocycles. The molecule has 3 aromatic rings. The number of ether oxygens (including phenoxy) is 3. The van der Waals surface area contributed by atoms with Crippen LogP contribution in [0, 0.1) is 0 Å². The molecule has 32 heavy (non-hydrogen) atoms. The Labute approximate surface area is 187 Å². The van der Waals surface area contributed by atoms with Gasteiger partial charge in [0.1, 0.15) is 5.75 Å². The molecule has 0 radical (unpaired) electrons. The van der Waals surface area contributed by atoms with Gasteiger partial charge in [-0.3, -0.25) is 9.52 Å². The molecular weight excluding hydrogens is 432 g/mol. The monoisotopic (exact) mass is 456 g/mol. The van der Waals surface area contributed by atoms with Crippen molar-refractivity contribution in [1.82, 2.24) is 0 Å². The highest BCUT2D eigenvalue weighted by Crippen LogP contribution is 2.31. The number of hydrogen-bond acceptors (Lipinski definition) is 6. The summed E-state index contributed by atoms with van der Waals surface area (Å²) in [5.41, 5.74) is 1.14. The molecule has 0 spiro atoms. The van der Waals surface area contributed by atoms with Crippen LogP contribution in [0.4, 0.5) is 11.4 Å². The summed E-state index contributed by atoms with van der Waals surface area (Å²) in [6.45, 7) is 2.40. The number of methoxy groups -OCH3 is 2. The molecule has 168 valence electrons. The number of anilines is 2. The van der Waals surface area contributed by atoms with E-state index in [4.69, 9.17) is 14.2 Å². The molecule has 0 heterocycles. The zero-order valence-electron chi connectivity index (χ0n) is 17.9. The van der Waals surface area contributed by atoms with Crippen LogP contribution in [-0.2, 0) is 10.0 Å². The van der Waals surface area contributed by atoms with Crippen LogP contribution < -0.4 is 24.2 Å². The van der Waals surface area contributed by atoms with Gasteiger partial charge in [-0.15, -0.1) is 0 Å². The summed E-state index contributed by atoms with van der Waals surface area (Å²) in [6.07, 6.45) is 0. The maximum absolute atomic E-state index is 12.7. The van der Waals surface area contributed by atoms with Gasteiger partial charge in [0, 0.05) is 11.4 Å². The maximum Gasteiger partial charge on any atom is 0.261 e. The fourth-order valence-electron chi connectivity index (χ4n) is 2.98. The predicted molar refractivity (Wildman–Crippen MR) is 122 cm³/mol. The first-order valence-corrected chi connectivity index (χ1v) is 11.2. The minimum Gasteiger partial charge on any atom is -0.494 e. The Morgan fingerprint density at radius 3 is 2.12 bits per heavy atom. The molecule has 8 nitrogen and oxygen atoms in total. The molecule has 0 saturated carbocycles. The van der Waals surface area contributed by atoms with Crippen LogP contribution in [-0.4, -0.2) is 35.2 Å². The normalized spacial score (nSPS) is 10.8. The summed E-state index contributed by atoms with van der Waals surface area (Å²) >= 11 is 0. The van der Waals surface area contributed by atoms with Gasteiger partial charge >= 0.3 is 0 Å². The molecule has 0 aliphatic heterocycles. The molecule has 3 rings (SSSR count). The van der Waals surface area contributed by atoms with Gasteiger partial charge in [0.05, 0.1) is 31.3 Å². The van der Waals surface area contributed by atoms with E-state index >= 15 is 0 Å². The topological polar surface area (TPSA) is 103 Å². The van der Waals surface area contributed by atoms with Gasteiger partial charge < -0.3 is 19.5 Å². The molecule has 0 bridgehead atoms. The molecule has 0 fully saturated rings. The van der Waals surface area contributed by atoms with Crippen LogP contribution in [0.5, 0.6) is 17.2 Å². The van der Waals surface area contributed by atoms with Crippen molar-refractivity contribution >= 4 is 27.3 Å². The van der Waals surface area contributed by atoms with E-state index in [1.807, 2.05) is 6.92 Å². The molecule has 0 aromatic heterocycles. The van der Waals surface area contributed by atoms with E-state index in [0.717, 1.165) is 0 Å². The molecule has 0 atom stereocenters. The Bertz CT molecular complexity index is 1180. The zero-order chi connectivity index (χ0) is 23.1. The number of amides is 1. The van der Waals surface area contributed by atoms with Gasteiger partial charge in [-0.2, -0.15) is 0 Å². The van der Waals surface area contributed by atoms with Crippen molar-refractivity contribution in [2.75, 3.05) is 30.9 Å². The molecule has 9 heteroatoms. The number of benzene rings is 3. The Kier molecular flexibility index (Phi) is 7.21. The van der Waals surface area contributed by atoms with Gasteiger partial charge in [0.15, 0.2) is 11.5 Å². The Morgan fingerprint density at radius 2 is 1.53 bits per heavy atom. The third-order valence-corrected chi connectivity index (χ3v) is 5.88. The van der Waals surface area contributed by atoms with E-state index in [2.05, 4.69) is 10.0 Å². The van der Waals surface area contributed by atoms with Crippen molar-refractivity contribution in [2.24, 2.45) is 0 Å². The summed E-state index contributed by atoms with van der Waals surface area (Å²) in [4.78, 5) is 12.7. The van der Waals surface area contributed by atoms with E-state index in [1.165, 1.54) is 38.5 Å². The van der Waals surface area contributed by atoms with Crippen molar-refractivity contribution in [3.8, 4) is 17.2 Å². The van der Waals surface area contributed by atoms with Crippen LogP contribution in [0.1, 0.15) is 17.3 Å². The predicted octanol–water partition coefficient (Wildman–Crippen LogP) is 4.16. The number of sulfonamides is 1. The highest BCUT2D eigenvalue weighted by atomic mass is 32.2. The van der Waals surface area contributed by atoms with Crippen LogP contribution in [0.2, 0.25) is 0 Å². The lowest BCUT2D eigenvalue weighted by Crippen LogP contribution is -2.15. The minimum absolute atomic E-state index is 0.0587. The first-order chi connectivity index (χ1) is 15.4. The number of nitrogens with one attached hydrogen (secondary N) is 2. The first kappa shape index (κ1) is 23.0. The van der Waals surface area contributed by atoms with Crippen molar-refractivity contribution in [3.05, 3.63) is 72.3 Å². The zero-order valence-corrected chi connectivity index (χ0v) is 18.7. The fraction of sp³-hybridized carbons (Fsp3) is 0.174. The van der Waals surface area contributed by atoms with E-state index in [9.17, 15) is 13.2 Å². The molecular formula is C23H24N2O6S. The maximum atomic E-state index is 12.7. The van der Waals surface area contributed by atoms with Gasteiger partial charge in [-0.25, -0.2) is 8.42 Å². The number of hydrogen-bond donors (Lipinski definition) is 2. The highest BCUT2D eigenvalue weighted by molar-refractivity contribution is 7.92. The lowest BCUT2D eigenvalue weighted by atomic mass is 10.1. The quantitative estimate of drug-likeness (QED) is 0.501. The molecule has 1 amide bonds. The van der Waals surface area contributed by atoms with Crippen LogP contribution >= 0.6 is 0 Å². The second-order valence-electron chi connectivity index (χ2n) is 6.58. The van der Waals surface area contributed by atoms with Crippen molar-refractivity contribution < 1.29 is 27.4 Å². The Balaban J connectivity index is 1.72. The average Bonchev–Trinajstić information content (AvgIpc) is 2.80. The second-order valence-corrected chi connectivity index (χ2v) is 8.26. The lowest BCUT2D eigenvalue weighted by molar-refractivity contribution is 0.102. The standard InChI is InChI=1S/C23H24N2O6S/c1-4-31-18-12-8-17(9-13-18)25-32(27,28)19-14-10-16(11-15-19)24-23(26)20-6-5-7-21(29-2)22(20)30-3/h5-15,25H,4H2,1-3H3,(H,24,26). The third kappa shape index (κ3) is 5.30. The molecule has 0 aliphatic carbocycles. The average molecular weight is 457 g/mol. The molecule has 2 N–H and O–H groups in total. The SMILES string of the molecule is CCOc1ccc(NS(=O)(=O)c2ccc(NC(=O)c3cccc(OC)c3OC)cc2)cc1. The van der Waals surface area contributed by atoms with Crippen LogP contribution in [0.15, 0.2) is 71.6 Å². The molecule has 3 aromatic carbocycles. The number of carbonyl (C=O) groups is 1. The van der Waals surface area contributed by atoms with E-state index in [1.54, 1.807) is 42.5 Å². The van der Waals surface area contributed by atoms with Gasteiger partial charge in [-0.1, -0.05) is 6.07 Å². The summed E-state index contributed by atoms with van der Waals surface area (Å²) in [5.74, 6) is 0.986. The van der Waals surface area contributed by atoms with Gasteiger partial charge in [0.2, 0.25) is 0 Å². The van der Waals surface area contributed by atoms with Crippen molar-refractivity contribution in [2.45, 2.75) is 11.8 Å². The highest BCUT2D eigenvalue weighted by Gasteiger charge is 2.18. The smallest absolute Gasteiger partial charge is 0.261 e. The Morgan fingerprint density at radius 1 is 0.875 bits per heavy atom. The van der Waals surface area contributed by atoms with E-state index in [-0.39, 0.29) is 4.90 Å². The first-order valence-electron chi connectivity index (χ1n) is 9.76. The second kappa shape index (κ2) is 10.1. The fourth-order valence-corrected chi connectivity index (χ4v) is 4.04. The third-order valence-electron chi connectivity index (χ3n) is 4.49. The Hall–Kier alpha value is -3.72. The molecule has 0 unspecified atom stereocenters. The lowest BCUT2D eigenvalue weighted by Gasteiger charge is -2.13.